The lowest BCUT2D eigenvalue weighted by atomic mass is 9.50. The van der Waals surface area contributed by atoms with Crippen molar-refractivity contribution < 1.29 is 14.7 Å². The van der Waals surface area contributed by atoms with Crippen LogP contribution in [0.4, 0.5) is 0 Å². The van der Waals surface area contributed by atoms with Crippen LogP contribution in [-0.2, 0) is 9.59 Å². The molecular weight excluding hydrogens is 288 g/mol. The smallest absolute Gasteiger partial charge is 0.233 e. The Morgan fingerprint density at radius 1 is 1.26 bits per heavy atom. The summed E-state index contributed by atoms with van der Waals surface area (Å²) in [6, 6.07) is 0. The van der Waals surface area contributed by atoms with Crippen LogP contribution in [0.15, 0.2) is 47.3 Å². The van der Waals surface area contributed by atoms with Crippen molar-refractivity contribution in [3.05, 3.63) is 47.3 Å². The van der Waals surface area contributed by atoms with Crippen molar-refractivity contribution in [1.29, 1.82) is 0 Å². The van der Waals surface area contributed by atoms with Crippen LogP contribution in [-0.4, -0.2) is 16.7 Å². The van der Waals surface area contributed by atoms with E-state index in [1.807, 2.05) is 6.08 Å². The van der Waals surface area contributed by atoms with E-state index in [1.54, 1.807) is 6.08 Å². The number of rotatable bonds is 2. The molecule has 2 atom stereocenters. The molecule has 3 rings (SSSR count). The van der Waals surface area contributed by atoms with E-state index in [9.17, 15) is 14.7 Å². The van der Waals surface area contributed by atoms with Gasteiger partial charge < -0.3 is 5.11 Å². The van der Waals surface area contributed by atoms with Crippen molar-refractivity contribution in [2.24, 2.45) is 16.7 Å². The normalized spacial score (nSPS) is 32.7. The van der Waals surface area contributed by atoms with Crippen LogP contribution >= 0.6 is 0 Å². The van der Waals surface area contributed by atoms with Crippen molar-refractivity contribution in [2.75, 3.05) is 0 Å². The predicted octanol–water partition coefficient (Wildman–Crippen LogP) is 4.23. The quantitative estimate of drug-likeness (QED) is 0.472. The Hall–Kier alpha value is -1.90. The molecule has 0 saturated heterocycles. The first-order valence-electron chi connectivity index (χ1n) is 8.29. The van der Waals surface area contributed by atoms with E-state index in [4.69, 9.17) is 0 Å². The maximum absolute atomic E-state index is 12.8. The number of carbonyl (C=O) groups is 2. The molecule has 1 N–H and O–H groups in total. The lowest BCUT2D eigenvalue weighted by molar-refractivity contribution is -0.134. The number of carbonyl (C=O) groups excluding carboxylic acids is 2. The highest BCUT2D eigenvalue weighted by Crippen LogP contribution is 2.58. The predicted molar refractivity (Wildman–Crippen MR) is 89.9 cm³/mol. The van der Waals surface area contributed by atoms with Gasteiger partial charge in [-0.15, -0.1) is 6.58 Å². The number of fused-ring (bicyclic) bond motifs is 2. The molecule has 0 aromatic heterocycles. The largest absolute Gasteiger partial charge is 0.507 e. The van der Waals surface area contributed by atoms with Crippen molar-refractivity contribution in [2.45, 2.75) is 46.5 Å². The molecule has 0 aromatic carbocycles. The number of hydrogen-bond acceptors (Lipinski definition) is 3. The molecule has 3 aliphatic carbocycles. The third kappa shape index (κ3) is 2.09. The summed E-state index contributed by atoms with van der Waals surface area (Å²) in [4.78, 5) is 25.3. The van der Waals surface area contributed by atoms with Crippen molar-refractivity contribution in [1.82, 2.24) is 0 Å². The molecule has 0 unspecified atom stereocenters. The minimum atomic E-state index is -0.570. The maximum Gasteiger partial charge on any atom is 0.233 e. The molecular formula is C20H24O3. The van der Waals surface area contributed by atoms with Gasteiger partial charge in [-0.3, -0.25) is 9.59 Å². The third-order valence-corrected chi connectivity index (χ3v) is 5.94. The summed E-state index contributed by atoms with van der Waals surface area (Å²) in [6.07, 6.45) is 8.73. The highest BCUT2D eigenvalue weighted by molar-refractivity contribution is 6.50. The second-order valence-corrected chi connectivity index (χ2v) is 7.86. The van der Waals surface area contributed by atoms with E-state index in [0.717, 1.165) is 19.3 Å². The minimum Gasteiger partial charge on any atom is -0.507 e. The topological polar surface area (TPSA) is 54.4 Å². The summed E-state index contributed by atoms with van der Waals surface area (Å²) in [7, 11) is 0. The van der Waals surface area contributed by atoms with Crippen LogP contribution in [0.5, 0.6) is 0 Å². The molecule has 0 aromatic rings. The van der Waals surface area contributed by atoms with Crippen LogP contribution in [0, 0.1) is 16.7 Å². The number of Topliss-reactive ketones (excluding diaryl/α,β-unsaturated/α-hetero) is 2. The van der Waals surface area contributed by atoms with Gasteiger partial charge in [0.1, 0.15) is 5.76 Å². The monoisotopic (exact) mass is 312 g/mol. The molecule has 1 fully saturated rings. The van der Waals surface area contributed by atoms with Gasteiger partial charge >= 0.3 is 0 Å². The highest BCUT2D eigenvalue weighted by Gasteiger charge is 2.53. The fourth-order valence-electron chi connectivity index (χ4n) is 4.85. The van der Waals surface area contributed by atoms with Gasteiger partial charge in [-0.2, -0.15) is 0 Å². The SMILES string of the molecule is C=CCC1=C(O)C2=C(C(=O)C1=O)[C@@]1(C)CCCC(C)(C)[C@H]1C=C2. The van der Waals surface area contributed by atoms with Crippen molar-refractivity contribution in [3.8, 4) is 0 Å². The maximum atomic E-state index is 12.8. The van der Waals surface area contributed by atoms with Gasteiger partial charge in [-0.1, -0.05) is 45.4 Å². The Kier molecular flexibility index (Phi) is 3.51. The van der Waals surface area contributed by atoms with Gasteiger partial charge in [-0.05, 0) is 30.6 Å². The molecule has 0 aliphatic heterocycles. The lowest BCUT2D eigenvalue weighted by Gasteiger charge is -2.52. The zero-order valence-corrected chi connectivity index (χ0v) is 14.1. The van der Waals surface area contributed by atoms with Crippen LogP contribution in [0.2, 0.25) is 0 Å². The van der Waals surface area contributed by atoms with Crippen LogP contribution in [0.3, 0.4) is 0 Å². The summed E-state index contributed by atoms with van der Waals surface area (Å²) >= 11 is 0. The van der Waals surface area contributed by atoms with Gasteiger partial charge in [-0.25, -0.2) is 0 Å². The standard InChI is InChI=1S/C20H24O3/c1-5-7-13-16(21)12-8-9-14-19(2,3)10-6-11-20(14,4)15(12)18(23)17(13)22/h5,8-9,14,21H,1,6-7,10-11H2,2-4H3/t14-,20+/m1/s1. The molecule has 0 heterocycles. The first-order valence-corrected chi connectivity index (χ1v) is 8.29. The Labute approximate surface area is 137 Å². The first kappa shape index (κ1) is 16.0. The molecule has 0 bridgehead atoms. The van der Waals surface area contributed by atoms with E-state index in [2.05, 4.69) is 33.4 Å². The fourth-order valence-corrected chi connectivity index (χ4v) is 4.85. The Balaban J connectivity index is 2.21. The second kappa shape index (κ2) is 5.05. The van der Waals surface area contributed by atoms with E-state index < -0.39 is 11.6 Å². The number of allylic oxidation sites excluding steroid dienone is 5. The summed E-state index contributed by atoms with van der Waals surface area (Å²) in [5.74, 6) is -0.846. The number of ketones is 2. The third-order valence-electron chi connectivity index (χ3n) is 5.94. The molecule has 3 nitrogen and oxygen atoms in total. The van der Waals surface area contributed by atoms with Crippen LogP contribution < -0.4 is 0 Å². The van der Waals surface area contributed by atoms with Gasteiger partial charge in [0, 0.05) is 22.1 Å². The zero-order chi connectivity index (χ0) is 17.0. The molecule has 0 amide bonds. The molecule has 0 radical (unpaired) electrons. The Morgan fingerprint density at radius 3 is 2.61 bits per heavy atom. The molecule has 23 heavy (non-hydrogen) atoms. The lowest BCUT2D eigenvalue weighted by Crippen LogP contribution is -2.47. The number of hydrogen-bond donors (Lipinski definition) is 1. The van der Waals surface area contributed by atoms with Crippen LogP contribution in [0.1, 0.15) is 46.5 Å². The van der Waals surface area contributed by atoms with E-state index in [1.165, 1.54) is 0 Å². The van der Waals surface area contributed by atoms with Gasteiger partial charge in [0.2, 0.25) is 11.6 Å². The zero-order valence-electron chi connectivity index (χ0n) is 14.1. The van der Waals surface area contributed by atoms with E-state index in [-0.39, 0.29) is 34.5 Å². The summed E-state index contributed by atoms with van der Waals surface area (Å²) in [5.41, 5.74) is 0.930. The summed E-state index contributed by atoms with van der Waals surface area (Å²) in [6.45, 7) is 10.1. The summed E-state index contributed by atoms with van der Waals surface area (Å²) in [5, 5.41) is 10.6. The van der Waals surface area contributed by atoms with Gasteiger partial charge in [0.15, 0.2) is 0 Å². The Bertz CT molecular complexity index is 702. The average Bonchev–Trinajstić information content (AvgIpc) is 2.47. The van der Waals surface area contributed by atoms with Gasteiger partial charge in [0.05, 0.1) is 0 Å². The van der Waals surface area contributed by atoms with Crippen LogP contribution in [0.25, 0.3) is 0 Å². The fraction of sp³-hybridized carbons (Fsp3) is 0.500. The number of aliphatic hydroxyl groups excluding tert-OH is 1. The first-order chi connectivity index (χ1) is 10.7. The summed E-state index contributed by atoms with van der Waals surface area (Å²) < 4.78 is 0. The minimum absolute atomic E-state index is 0.0381. The Morgan fingerprint density at radius 2 is 1.96 bits per heavy atom. The average molecular weight is 312 g/mol. The highest BCUT2D eigenvalue weighted by atomic mass is 16.3. The molecule has 3 aliphatic rings. The molecule has 122 valence electrons. The number of aliphatic hydroxyl groups is 1. The van der Waals surface area contributed by atoms with Gasteiger partial charge in [0.25, 0.3) is 0 Å². The van der Waals surface area contributed by atoms with Crippen molar-refractivity contribution >= 4 is 11.6 Å². The van der Waals surface area contributed by atoms with Crippen molar-refractivity contribution in [3.63, 3.8) is 0 Å². The second-order valence-electron chi connectivity index (χ2n) is 7.86. The molecule has 3 heteroatoms. The molecule has 0 spiro atoms. The molecule has 1 saturated carbocycles. The van der Waals surface area contributed by atoms with E-state index >= 15 is 0 Å². The van der Waals surface area contributed by atoms with E-state index in [0.29, 0.717) is 11.1 Å².